The number of hydrogen-bond acceptors (Lipinski definition) is 5. The molecule has 0 N–H and O–H groups in total. The highest BCUT2D eigenvalue weighted by atomic mass is 16.5. The third-order valence-electron chi connectivity index (χ3n) is 4.04. The Morgan fingerprint density at radius 3 is 2.72 bits per heavy atom. The summed E-state index contributed by atoms with van der Waals surface area (Å²) in [5.41, 5.74) is 12.1. The van der Waals surface area contributed by atoms with E-state index < -0.39 is 18.1 Å². The number of carbonyl (C=O) groups is 1. The molecule has 2 aromatic carbocycles. The summed E-state index contributed by atoms with van der Waals surface area (Å²) >= 11 is 0. The molecular weight excluding hydrogens is 320 g/mol. The number of rotatable bonds is 5. The second-order valence-corrected chi connectivity index (χ2v) is 5.41. The number of azide groups is 1. The maximum absolute atomic E-state index is 12.0. The van der Waals surface area contributed by atoms with Gasteiger partial charge in [0, 0.05) is 10.5 Å². The molecule has 0 saturated heterocycles. The van der Waals surface area contributed by atoms with Gasteiger partial charge in [-0.3, -0.25) is 0 Å². The lowest BCUT2D eigenvalue weighted by molar-refractivity contribution is -0.143. The number of aliphatic imine (C=N–C) groups is 1. The Morgan fingerprint density at radius 2 is 1.96 bits per heavy atom. The second-order valence-electron chi connectivity index (χ2n) is 5.41. The number of hydrogen-bond donors (Lipinski definition) is 0. The van der Waals surface area contributed by atoms with E-state index in [1.54, 1.807) is 0 Å². The first-order valence-corrected chi connectivity index (χ1v) is 7.69. The lowest BCUT2D eigenvalue weighted by Gasteiger charge is -2.20. The normalized spacial score (nSPS) is 18.3. The second kappa shape index (κ2) is 7.51. The number of benzene rings is 2. The van der Waals surface area contributed by atoms with Gasteiger partial charge in [0.2, 0.25) is 0 Å². The lowest BCUT2D eigenvalue weighted by Crippen LogP contribution is -2.25. The van der Waals surface area contributed by atoms with Crippen LogP contribution in [0.15, 0.2) is 58.6 Å². The molecule has 0 amide bonds. The highest BCUT2D eigenvalue weighted by molar-refractivity contribution is 5.81. The average Bonchev–Trinajstić information content (AvgIpc) is 3.15. The molecule has 3 rings (SSSR count). The molecule has 0 spiro atoms. The zero-order valence-electron chi connectivity index (χ0n) is 13.6. The Bertz CT molecular complexity index is 859. The lowest BCUT2D eigenvalue weighted by atomic mass is 9.90. The van der Waals surface area contributed by atoms with Crippen molar-refractivity contribution in [2.75, 3.05) is 7.11 Å². The van der Waals surface area contributed by atoms with Crippen LogP contribution in [-0.2, 0) is 20.8 Å². The van der Waals surface area contributed by atoms with Crippen molar-refractivity contribution in [2.45, 2.75) is 18.7 Å². The van der Waals surface area contributed by atoms with Crippen molar-refractivity contribution in [2.24, 2.45) is 10.1 Å². The first kappa shape index (κ1) is 16.5. The molecule has 1 aliphatic rings. The van der Waals surface area contributed by atoms with E-state index in [-0.39, 0.29) is 6.54 Å². The largest absolute Gasteiger partial charge is 0.473 e. The Labute approximate surface area is 144 Å². The summed E-state index contributed by atoms with van der Waals surface area (Å²) in [7, 11) is 1.33. The smallest absolute Gasteiger partial charge is 0.334 e. The molecule has 2 unspecified atom stereocenters. The van der Waals surface area contributed by atoms with E-state index in [1.165, 1.54) is 13.5 Å². The summed E-state index contributed by atoms with van der Waals surface area (Å²) in [6.45, 7) is 0.240. The van der Waals surface area contributed by atoms with Gasteiger partial charge < -0.3 is 9.47 Å². The minimum atomic E-state index is -0.740. The zero-order chi connectivity index (χ0) is 17.6. The Morgan fingerprint density at radius 1 is 1.24 bits per heavy atom. The molecule has 1 aliphatic heterocycles. The van der Waals surface area contributed by atoms with Crippen molar-refractivity contribution in [3.63, 3.8) is 0 Å². The Hall–Kier alpha value is -3.31. The van der Waals surface area contributed by atoms with Crippen LogP contribution in [0.1, 0.15) is 17.2 Å². The van der Waals surface area contributed by atoms with Gasteiger partial charge in [-0.2, -0.15) is 0 Å². The number of esters is 1. The standard InChI is InChI=1S/C18H16N4O3/c1-24-18(23)16-17(25-11-20-16)15-9-5-4-8-14(15)13-7-3-2-6-12(13)10-21-22-19/h2-9,11,16-17H,10H2,1H3. The Kier molecular flexibility index (Phi) is 4.97. The minimum absolute atomic E-state index is 0.240. The van der Waals surface area contributed by atoms with Crippen LogP contribution in [-0.4, -0.2) is 25.5 Å². The van der Waals surface area contributed by atoms with E-state index in [1.807, 2.05) is 48.5 Å². The summed E-state index contributed by atoms with van der Waals surface area (Å²) in [4.78, 5) is 18.9. The third-order valence-corrected chi connectivity index (χ3v) is 4.04. The van der Waals surface area contributed by atoms with Gasteiger partial charge in [0.05, 0.1) is 13.7 Å². The predicted molar refractivity (Wildman–Crippen MR) is 92.9 cm³/mol. The number of carbonyl (C=O) groups excluding carboxylic acids is 1. The van der Waals surface area contributed by atoms with Crippen molar-refractivity contribution in [3.05, 3.63) is 70.1 Å². The third kappa shape index (κ3) is 3.32. The maximum atomic E-state index is 12.0. The number of nitrogens with zero attached hydrogens (tertiary/aromatic N) is 4. The van der Waals surface area contributed by atoms with Gasteiger partial charge in [-0.05, 0) is 22.2 Å². The summed E-state index contributed by atoms with van der Waals surface area (Å²) in [5, 5.41) is 3.66. The molecule has 0 radical (unpaired) electrons. The molecule has 0 aliphatic carbocycles. The van der Waals surface area contributed by atoms with Gasteiger partial charge in [0.1, 0.15) is 0 Å². The quantitative estimate of drug-likeness (QED) is 0.359. The topological polar surface area (TPSA) is 96.6 Å². The fraction of sp³-hybridized carbons (Fsp3) is 0.222. The van der Waals surface area contributed by atoms with E-state index in [4.69, 9.17) is 15.0 Å². The van der Waals surface area contributed by atoms with Crippen molar-refractivity contribution >= 4 is 12.4 Å². The van der Waals surface area contributed by atoms with Gasteiger partial charge in [0.25, 0.3) is 0 Å². The van der Waals surface area contributed by atoms with Crippen LogP contribution in [0, 0.1) is 0 Å². The number of ether oxygens (including phenoxy) is 2. The first-order chi connectivity index (χ1) is 12.3. The van der Waals surface area contributed by atoms with Gasteiger partial charge in [-0.1, -0.05) is 53.6 Å². The average molecular weight is 336 g/mol. The van der Waals surface area contributed by atoms with Crippen molar-refractivity contribution < 1.29 is 14.3 Å². The van der Waals surface area contributed by atoms with Crippen molar-refractivity contribution in [1.29, 1.82) is 0 Å². The summed E-state index contributed by atoms with van der Waals surface area (Å²) < 4.78 is 10.4. The van der Waals surface area contributed by atoms with Gasteiger partial charge in [-0.25, -0.2) is 9.79 Å². The van der Waals surface area contributed by atoms with Gasteiger partial charge in [-0.15, -0.1) is 0 Å². The van der Waals surface area contributed by atoms with E-state index in [0.717, 1.165) is 22.3 Å². The molecule has 25 heavy (non-hydrogen) atoms. The van der Waals surface area contributed by atoms with E-state index in [2.05, 4.69) is 15.0 Å². The highest BCUT2D eigenvalue weighted by Crippen LogP contribution is 2.36. The summed E-state index contributed by atoms with van der Waals surface area (Å²) in [6, 6.07) is 14.5. The van der Waals surface area contributed by atoms with Crippen LogP contribution in [0.2, 0.25) is 0 Å². The molecule has 2 aromatic rings. The van der Waals surface area contributed by atoms with Gasteiger partial charge >= 0.3 is 5.97 Å². The summed E-state index contributed by atoms with van der Waals surface area (Å²) in [5.74, 6) is -0.448. The fourth-order valence-electron chi connectivity index (χ4n) is 2.89. The zero-order valence-corrected chi connectivity index (χ0v) is 13.6. The molecule has 0 saturated carbocycles. The fourth-order valence-corrected chi connectivity index (χ4v) is 2.89. The monoisotopic (exact) mass is 336 g/mol. The minimum Gasteiger partial charge on any atom is -0.473 e. The summed E-state index contributed by atoms with van der Waals surface area (Å²) in [6.07, 6.45) is 0.728. The number of methoxy groups -OCH3 is 1. The van der Waals surface area contributed by atoms with Crippen LogP contribution in [0.4, 0.5) is 0 Å². The molecule has 126 valence electrons. The molecular formula is C18H16N4O3. The molecule has 2 atom stereocenters. The molecule has 7 heteroatoms. The van der Waals surface area contributed by atoms with Crippen LogP contribution in [0.5, 0.6) is 0 Å². The SMILES string of the molecule is COC(=O)C1N=COC1c1ccccc1-c1ccccc1CN=[N+]=[N-]. The van der Waals surface area contributed by atoms with Crippen LogP contribution in [0.25, 0.3) is 21.6 Å². The van der Waals surface area contributed by atoms with Crippen LogP contribution in [0.3, 0.4) is 0 Å². The first-order valence-electron chi connectivity index (χ1n) is 7.69. The van der Waals surface area contributed by atoms with E-state index >= 15 is 0 Å². The van der Waals surface area contributed by atoms with E-state index in [0.29, 0.717) is 0 Å². The van der Waals surface area contributed by atoms with E-state index in [9.17, 15) is 4.79 Å². The molecule has 1 heterocycles. The van der Waals surface area contributed by atoms with Crippen LogP contribution >= 0.6 is 0 Å². The molecule has 0 aromatic heterocycles. The van der Waals surface area contributed by atoms with Gasteiger partial charge in [0.15, 0.2) is 18.5 Å². The molecule has 0 fully saturated rings. The predicted octanol–water partition coefficient (Wildman–Crippen LogP) is 3.81. The highest BCUT2D eigenvalue weighted by Gasteiger charge is 2.36. The Balaban J connectivity index is 2.06. The molecule has 0 bridgehead atoms. The van der Waals surface area contributed by atoms with Crippen molar-refractivity contribution in [3.8, 4) is 11.1 Å². The molecule has 7 nitrogen and oxygen atoms in total. The maximum Gasteiger partial charge on any atom is 0.334 e. The van der Waals surface area contributed by atoms with Crippen molar-refractivity contribution in [1.82, 2.24) is 0 Å². The van der Waals surface area contributed by atoms with Crippen LogP contribution < -0.4 is 0 Å².